The quantitative estimate of drug-likeness (QED) is 0.366. The summed E-state index contributed by atoms with van der Waals surface area (Å²) in [5.74, 6) is -0.600. The number of rotatable bonds is 8. The van der Waals surface area contributed by atoms with Gasteiger partial charge in [0, 0.05) is 0 Å². The summed E-state index contributed by atoms with van der Waals surface area (Å²) in [4.78, 5) is 11.2. The van der Waals surface area contributed by atoms with Gasteiger partial charge in [-0.3, -0.25) is 4.79 Å². The van der Waals surface area contributed by atoms with E-state index in [9.17, 15) is 9.00 Å². The van der Waals surface area contributed by atoms with Crippen LogP contribution in [0.3, 0.4) is 0 Å². The lowest BCUT2D eigenvalue weighted by atomic mass is 10.3. The number of esters is 1. The number of carbonyl (C=O) groups excluding carboxylic acids is 1. The van der Waals surface area contributed by atoms with Gasteiger partial charge in [-0.1, -0.05) is 6.92 Å². The van der Waals surface area contributed by atoms with Crippen molar-refractivity contribution in [3.63, 3.8) is 0 Å². The van der Waals surface area contributed by atoms with Crippen LogP contribution in [0, 0.1) is 0 Å². The van der Waals surface area contributed by atoms with E-state index in [0.717, 1.165) is 13.0 Å². The van der Waals surface area contributed by atoms with Crippen molar-refractivity contribution in [1.29, 1.82) is 0 Å². The number of nitrogens with one attached hydrogen (secondary N) is 1. The maximum atomic E-state index is 11.2. The largest absolute Gasteiger partial charge is 0.465 e. The van der Waals surface area contributed by atoms with E-state index in [0.29, 0.717) is 13.0 Å². The van der Waals surface area contributed by atoms with Gasteiger partial charge < -0.3 is 14.6 Å². The molecule has 0 radical (unpaired) electrons. The summed E-state index contributed by atoms with van der Waals surface area (Å²) < 4.78 is 24.5. The van der Waals surface area contributed by atoms with Gasteiger partial charge in [0.2, 0.25) is 0 Å². The lowest BCUT2D eigenvalue weighted by Gasteiger charge is -2.11. The monoisotopic (exact) mass is 237 g/mol. The minimum Gasteiger partial charge on any atom is -0.465 e. The minimum absolute atomic E-state index is 0.231. The molecule has 15 heavy (non-hydrogen) atoms. The van der Waals surface area contributed by atoms with Crippen LogP contribution in [-0.2, 0) is 20.6 Å². The fourth-order valence-electron chi connectivity index (χ4n) is 1.07. The maximum absolute atomic E-state index is 11.2. The summed E-state index contributed by atoms with van der Waals surface area (Å²) in [6.07, 6.45) is 1.31. The molecule has 2 N–H and O–H groups in total. The topological polar surface area (TPSA) is 75.6 Å². The molecule has 0 rings (SSSR count). The second-order valence-electron chi connectivity index (χ2n) is 3.06. The molecule has 0 aromatic heterocycles. The first-order valence-electron chi connectivity index (χ1n) is 5.10. The van der Waals surface area contributed by atoms with Crippen LogP contribution in [0.25, 0.3) is 0 Å². The molecular formula is C9H19NO4S. The summed E-state index contributed by atoms with van der Waals surface area (Å²) in [6, 6.07) is 0. The van der Waals surface area contributed by atoms with Gasteiger partial charge in [-0.2, -0.15) is 0 Å². The highest BCUT2D eigenvalue weighted by molar-refractivity contribution is 7.80. The fraction of sp³-hybridized carbons (Fsp3) is 0.889. The summed E-state index contributed by atoms with van der Waals surface area (Å²) in [5.41, 5.74) is 0. The normalized spacial score (nSPS) is 14.6. The summed E-state index contributed by atoms with van der Waals surface area (Å²) >= 11 is -2.15. The molecule has 0 aliphatic rings. The lowest BCUT2D eigenvalue weighted by molar-refractivity contribution is -0.142. The van der Waals surface area contributed by atoms with Crippen LogP contribution in [-0.4, -0.2) is 39.7 Å². The number of hydrogen-bond acceptors (Lipinski definition) is 4. The second kappa shape index (κ2) is 8.82. The van der Waals surface area contributed by atoms with Crippen molar-refractivity contribution in [2.24, 2.45) is 0 Å². The van der Waals surface area contributed by atoms with Crippen molar-refractivity contribution in [2.75, 3.05) is 19.7 Å². The van der Waals surface area contributed by atoms with E-state index < -0.39 is 22.3 Å². The zero-order valence-electron chi connectivity index (χ0n) is 9.19. The minimum atomic E-state index is -2.15. The SMILES string of the molecule is CCCNCCC(C(=O)OCC)S(=O)O. The van der Waals surface area contributed by atoms with Crippen LogP contribution >= 0.6 is 0 Å². The molecule has 0 amide bonds. The first-order valence-corrected chi connectivity index (χ1v) is 6.27. The molecule has 0 spiro atoms. The van der Waals surface area contributed by atoms with Gasteiger partial charge >= 0.3 is 5.97 Å². The third-order valence-electron chi connectivity index (χ3n) is 1.80. The molecule has 0 aliphatic heterocycles. The zero-order valence-corrected chi connectivity index (χ0v) is 10.0. The third kappa shape index (κ3) is 6.59. The lowest BCUT2D eigenvalue weighted by Crippen LogP contribution is -2.31. The Kier molecular flexibility index (Phi) is 8.55. The highest BCUT2D eigenvalue weighted by atomic mass is 32.2. The molecule has 0 saturated heterocycles. The Labute approximate surface area is 92.9 Å². The van der Waals surface area contributed by atoms with Gasteiger partial charge in [0.1, 0.15) is 0 Å². The molecule has 0 aliphatic carbocycles. The van der Waals surface area contributed by atoms with E-state index in [-0.39, 0.29) is 6.61 Å². The maximum Gasteiger partial charge on any atom is 0.324 e. The van der Waals surface area contributed by atoms with E-state index in [4.69, 9.17) is 9.29 Å². The molecular weight excluding hydrogens is 218 g/mol. The number of hydrogen-bond donors (Lipinski definition) is 2. The smallest absolute Gasteiger partial charge is 0.324 e. The van der Waals surface area contributed by atoms with Crippen LogP contribution in [0.4, 0.5) is 0 Å². The summed E-state index contributed by atoms with van der Waals surface area (Å²) in [6.45, 7) is 5.32. The number of ether oxygens (including phenoxy) is 1. The Hall–Kier alpha value is -0.460. The van der Waals surface area contributed by atoms with E-state index in [1.807, 2.05) is 6.92 Å². The third-order valence-corrected chi connectivity index (χ3v) is 2.72. The second-order valence-corrected chi connectivity index (χ2v) is 4.18. The van der Waals surface area contributed by atoms with Gasteiger partial charge in [0.25, 0.3) is 0 Å². The van der Waals surface area contributed by atoms with E-state index >= 15 is 0 Å². The summed E-state index contributed by atoms with van der Waals surface area (Å²) in [5, 5.41) is 2.13. The van der Waals surface area contributed by atoms with E-state index in [1.54, 1.807) is 6.92 Å². The molecule has 0 fully saturated rings. The van der Waals surface area contributed by atoms with Crippen molar-refractivity contribution in [3.8, 4) is 0 Å². The molecule has 0 bridgehead atoms. The molecule has 2 atom stereocenters. The van der Waals surface area contributed by atoms with Crippen molar-refractivity contribution in [3.05, 3.63) is 0 Å². The number of carbonyl (C=O) groups is 1. The average Bonchev–Trinajstić information content (AvgIpc) is 2.17. The van der Waals surface area contributed by atoms with Gasteiger partial charge in [-0.25, -0.2) is 4.21 Å². The van der Waals surface area contributed by atoms with Crippen molar-refractivity contribution < 1.29 is 18.3 Å². The van der Waals surface area contributed by atoms with Crippen molar-refractivity contribution in [1.82, 2.24) is 5.32 Å². The predicted molar refractivity (Wildman–Crippen MR) is 59.0 cm³/mol. The standard InChI is InChI=1S/C9H19NO4S/c1-3-6-10-7-5-8(15(12)13)9(11)14-4-2/h8,10H,3-7H2,1-2H3,(H,12,13). The van der Waals surface area contributed by atoms with Crippen LogP contribution in [0.1, 0.15) is 26.7 Å². The Bertz CT molecular complexity index is 210. The summed E-state index contributed by atoms with van der Waals surface area (Å²) in [7, 11) is 0. The molecule has 90 valence electrons. The Morgan fingerprint density at radius 2 is 2.13 bits per heavy atom. The van der Waals surface area contributed by atoms with Crippen LogP contribution in [0.15, 0.2) is 0 Å². The first-order chi connectivity index (χ1) is 7.13. The van der Waals surface area contributed by atoms with Gasteiger partial charge in [-0.15, -0.1) is 0 Å². The van der Waals surface area contributed by atoms with Crippen molar-refractivity contribution in [2.45, 2.75) is 31.9 Å². The Morgan fingerprint density at radius 3 is 2.60 bits per heavy atom. The van der Waals surface area contributed by atoms with E-state index in [2.05, 4.69) is 5.32 Å². The first kappa shape index (κ1) is 14.5. The van der Waals surface area contributed by atoms with Gasteiger partial charge in [0.15, 0.2) is 16.3 Å². The highest BCUT2D eigenvalue weighted by Crippen LogP contribution is 2.02. The van der Waals surface area contributed by atoms with Gasteiger partial charge in [-0.05, 0) is 32.9 Å². The van der Waals surface area contributed by atoms with Gasteiger partial charge in [0.05, 0.1) is 6.61 Å². The molecule has 6 heteroatoms. The Balaban J connectivity index is 3.94. The molecule has 2 unspecified atom stereocenters. The Morgan fingerprint density at radius 1 is 1.47 bits per heavy atom. The van der Waals surface area contributed by atoms with Crippen molar-refractivity contribution >= 4 is 17.0 Å². The molecule has 0 aromatic carbocycles. The van der Waals surface area contributed by atoms with E-state index in [1.165, 1.54) is 0 Å². The fourth-order valence-corrected chi connectivity index (χ4v) is 1.62. The molecule has 0 aromatic rings. The van der Waals surface area contributed by atoms with Crippen LogP contribution < -0.4 is 5.32 Å². The average molecular weight is 237 g/mol. The molecule has 5 nitrogen and oxygen atoms in total. The predicted octanol–water partition coefficient (Wildman–Crippen LogP) is 0.529. The molecule has 0 heterocycles. The highest BCUT2D eigenvalue weighted by Gasteiger charge is 2.24. The van der Waals surface area contributed by atoms with Crippen LogP contribution in [0.2, 0.25) is 0 Å². The molecule has 0 saturated carbocycles. The van der Waals surface area contributed by atoms with Crippen LogP contribution in [0.5, 0.6) is 0 Å². The zero-order chi connectivity index (χ0) is 11.7.